The summed E-state index contributed by atoms with van der Waals surface area (Å²) in [6.07, 6.45) is 2.48. The number of carbonyl (C=O) groups excluding carboxylic acids is 1. The lowest BCUT2D eigenvalue weighted by Crippen LogP contribution is -2.18. The van der Waals surface area contributed by atoms with Crippen molar-refractivity contribution in [3.8, 4) is 0 Å². The average Bonchev–Trinajstić information content (AvgIpc) is 2.31. The Hall–Kier alpha value is -1.12. The topological polar surface area (TPSA) is 34.9 Å². The molecular formula is C9H14N2O. The molecule has 0 aliphatic heterocycles. The molecule has 1 rings (SSSR count). The van der Waals surface area contributed by atoms with Crippen molar-refractivity contribution >= 4 is 6.29 Å². The Bertz CT molecular complexity index is 270. The van der Waals surface area contributed by atoms with Crippen molar-refractivity contribution in [2.24, 2.45) is 5.41 Å². The molecule has 0 N–H and O–H groups in total. The normalized spacial score (nSPS) is 11.6. The Morgan fingerprint density at radius 1 is 1.58 bits per heavy atom. The van der Waals surface area contributed by atoms with Crippen LogP contribution < -0.4 is 0 Å². The van der Waals surface area contributed by atoms with Gasteiger partial charge in [-0.1, -0.05) is 20.8 Å². The zero-order chi connectivity index (χ0) is 9.19. The number of carbonyl (C=O) groups is 1. The molecule has 0 aliphatic carbocycles. The quantitative estimate of drug-likeness (QED) is 0.627. The second-order valence-corrected chi connectivity index (χ2v) is 4.09. The monoisotopic (exact) mass is 166 g/mol. The molecule has 0 spiro atoms. The number of aldehydes is 1. The number of hydrogen-bond donors (Lipinski definition) is 0. The first kappa shape index (κ1) is 8.97. The molecule has 0 saturated carbocycles. The highest BCUT2D eigenvalue weighted by Gasteiger charge is 2.13. The van der Waals surface area contributed by atoms with Crippen LogP contribution in [0.2, 0.25) is 0 Å². The molecule has 66 valence electrons. The van der Waals surface area contributed by atoms with Crippen LogP contribution in [0.5, 0.6) is 0 Å². The molecule has 0 saturated heterocycles. The summed E-state index contributed by atoms with van der Waals surface area (Å²) in [5.41, 5.74) is 0.800. The van der Waals surface area contributed by atoms with Gasteiger partial charge in [-0.2, -0.15) is 5.10 Å². The van der Waals surface area contributed by atoms with Gasteiger partial charge in [0.25, 0.3) is 0 Å². The molecule has 1 heterocycles. The minimum Gasteiger partial charge on any atom is -0.296 e. The Morgan fingerprint density at radius 3 is 2.75 bits per heavy atom. The molecule has 3 heteroatoms. The lowest BCUT2D eigenvalue weighted by molar-refractivity contribution is 0.111. The fourth-order valence-corrected chi connectivity index (χ4v) is 1.02. The van der Waals surface area contributed by atoms with Gasteiger partial charge in [0, 0.05) is 12.7 Å². The first-order valence-corrected chi connectivity index (χ1v) is 4.00. The molecule has 0 unspecified atom stereocenters. The predicted molar refractivity (Wildman–Crippen MR) is 47.1 cm³/mol. The van der Waals surface area contributed by atoms with E-state index in [1.807, 2.05) is 0 Å². The molecule has 3 nitrogen and oxygen atoms in total. The third-order valence-electron chi connectivity index (χ3n) is 1.49. The first-order valence-electron chi connectivity index (χ1n) is 4.00. The van der Waals surface area contributed by atoms with E-state index in [1.165, 1.54) is 0 Å². The van der Waals surface area contributed by atoms with Crippen molar-refractivity contribution in [2.45, 2.75) is 27.3 Å². The molecule has 0 aromatic carbocycles. The largest absolute Gasteiger partial charge is 0.296 e. The van der Waals surface area contributed by atoms with Gasteiger partial charge in [-0.05, 0) is 11.5 Å². The summed E-state index contributed by atoms with van der Waals surface area (Å²) in [5, 5.41) is 4.06. The zero-order valence-electron chi connectivity index (χ0n) is 7.74. The standard InChI is InChI=1S/C9H14N2O/c1-9(2,3)7-11-8(6-12)4-5-10-11/h4-6H,7H2,1-3H3. The Labute approximate surface area is 72.4 Å². The van der Waals surface area contributed by atoms with E-state index in [1.54, 1.807) is 16.9 Å². The van der Waals surface area contributed by atoms with Crippen molar-refractivity contribution in [3.05, 3.63) is 18.0 Å². The van der Waals surface area contributed by atoms with Crippen LogP contribution in [0.1, 0.15) is 31.3 Å². The van der Waals surface area contributed by atoms with Gasteiger partial charge < -0.3 is 0 Å². The van der Waals surface area contributed by atoms with Crippen molar-refractivity contribution in [2.75, 3.05) is 0 Å². The third-order valence-corrected chi connectivity index (χ3v) is 1.49. The molecule has 1 aromatic rings. The molecule has 0 atom stereocenters. The van der Waals surface area contributed by atoms with E-state index in [2.05, 4.69) is 25.9 Å². The Kier molecular flexibility index (Phi) is 2.31. The lowest BCUT2D eigenvalue weighted by atomic mass is 9.97. The second kappa shape index (κ2) is 3.09. The summed E-state index contributed by atoms with van der Waals surface area (Å²) in [4.78, 5) is 10.5. The van der Waals surface area contributed by atoms with E-state index in [9.17, 15) is 4.79 Å². The van der Waals surface area contributed by atoms with Gasteiger partial charge in [-0.15, -0.1) is 0 Å². The van der Waals surface area contributed by atoms with E-state index in [0.717, 1.165) is 12.8 Å². The minimum atomic E-state index is 0.157. The summed E-state index contributed by atoms with van der Waals surface area (Å²) < 4.78 is 1.73. The smallest absolute Gasteiger partial charge is 0.168 e. The molecular weight excluding hydrogens is 152 g/mol. The van der Waals surface area contributed by atoms with Crippen molar-refractivity contribution in [1.82, 2.24) is 9.78 Å². The summed E-state index contributed by atoms with van der Waals surface area (Å²) in [5.74, 6) is 0. The van der Waals surface area contributed by atoms with E-state index in [-0.39, 0.29) is 5.41 Å². The van der Waals surface area contributed by atoms with Crippen LogP contribution in [0.25, 0.3) is 0 Å². The maximum atomic E-state index is 10.5. The van der Waals surface area contributed by atoms with Gasteiger partial charge in [-0.3, -0.25) is 9.48 Å². The van der Waals surface area contributed by atoms with Gasteiger partial charge >= 0.3 is 0 Å². The number of rotatable bonds is 2. The van der Waals surface area contributed by atoms with E-state index >= 15 is 0 Å². The van der Waals surface area contributed by atoms with Crippen LogP contribution in [0.15, 0.2) is 12.3 Å². The molecule has 0 bridgehead atoms. The van der Waals surface area contributed by atoms with Gasteiger partial charge in [0.05, 0.1) is 0 Å². The van der Waals surface area contributed by atoms with E-state index in [4.69, 9.17) is 0 Å². The highest BCUT2D eigenvalue weighted by atomic mass is 16.1. The Morgan fingerprint density at radius 2 is 2.25 bits per heavy atom. The number of nitrogens with zero attached hydrogens (tertiary/aromatic N) is 2. The van der Waals surface area contributed by atoms with Crippen LogP contribution in [0.3, 0.4) is 0 Å². The highest BCUT2D eigenvalue weighted by Crippen LogP contribution is 2.16. The second-order valence-electron chi connectivity index (χ2n) is 4.09. The first-order chi connectivity index (χ1) is 5.53. The summed E-state index contributed by atoms with van der Waals surface area (Å²) in [7, 11) is 0. The van der Waals surface area contributed by atoms with Crippen LogP contribution in [-0.2, 0) is 6.54 Å². The molecule has 1 aromatic heterocycles. The average molecular weight is 166 g/mol. The molecule has 0 amide bonds. The highest BCUT2D eigenvalue weighted by molar-refractivity contribution is 5.71. The summed E-state index contributed by atoms with van der Waals surface area (Å²) in [6, 6.07) is 1.72. The lowest BCUT2D eigenvalue weighted by Gasteiger charge is -2.18. The maximum absolute atomic E-state index is 10.5. The van der Waals surface area contributed by atoms with Gasteiger partial charge in [-0.25, -0.2) is 0 Å². The van der Waals surface area contributed by atoms with Crippen LogP contribution in [0, 0.1) is 5.41 Å². The third kappa shape index (κ3) is 2.19. The van der Waals surface area contributed by atoms with E-state index in [0.29, 0.717) is 5.69 Å². The fraction of sp³-hybridized carbons (Fsp3) is 0.556. The van der Waals surface area contributed by atoms with Crippen LogP contribution in [-0.4, -0.2) is 16.1 Å². The molecule has 0 radical (unpaired) electrons. The number of aromatic nitrogens is 2. The number of hydrogen-bond acceptors (Lipinski definition) is 2. The Balaban J connectivity index is 2.81. The summed E-state index contributed by atoms with van der Waals surface area (Å²) >= 11 is 0. The van der Waals surface area contributed by atoms with Crippen molar-refractivity contribution in [3.63, 3.8) is 0 Å². The minimum absolute atomic E-state index is 0.157. The summed E-state index contributed by atoms with van der Waals surface area (Å²) in [6.45, 7) is 7.11. The van der Waals surface area contributed by atoms with Crippen molar-refractivity contribution < 1.29 is 4.79 Å². The SMILES string of the molecule is CC(C)(C)Cn1nccc1C=O. The van der Waals surface area contributed by atoms with Crippen LogP contribution in [0.4, 0.5) is 0 Å². The molecule has 12 heavy (non-hydrogen) atoms. The van der Waals surface area contributed by atoms with Gasteiger partial charge in [0.15, 0.2) is 6.29 Å². The van der Waals surface area contributed by atoms with Gasteiger partial charge in [0.1, 0.15) is 5.69 Å². The predicted octanol–water partition coefficient (Wildman–Crippen LogP) is 1.74. The fourth-order valence-electron chi connectivity index (χ4n) is 1.02. The van der Waals surface area contributed by atoms with Crippen LogP contribution >= 0.6 is 0 Å². The molecule has 0 fully saturated rings. The van der Waals surface area contributed by atoms with Crippen molar-refractivity contribution in [1.29, 1.82) is 0 Å². The molecule has 0 aliphatic rings. The van der Waals surface area contributed by atoms with Gasteiger partial charge in [0.2, 0.25) is 0 Å². The maximum Gasteiger partial charge on any atom is 0.168 e. The zero-order valence-corrected chi connectivity index (χ0v) is 7.74. The van der Waals surface area contributed by atoms with E-state index < -0.39 is 0 Å².